The molecule has 1 fully saturated rings. The molecule has 118 valence electrons. The van der Waals surface area contributed by atoms with Crippen LogP contribution in [0.2, 0.25) is 5.02 Å². The summed E-state index contributed by atoms with van der Waals surface area (Å²) in [6.45, 7) is 9.28. The molecular weight excluding hydrogens is 284 g/mol. The van der Waals surface area contributed by atoms with Crippen LogP contribution in [0.15, 0.2) is 18.2 Å². The summed E-state index contributed by atoms with van der Waals surface area (Å²) in [7, 11) is 1.78. The van der Waals surface area contributed by atoms with E-state index in [1.165, 1.54) is 17.7 Å². The maximum absolute atomic E-state index is 6.43. The first kappa shape index (κ1) is 16.6. The molecule has 2 rings (SSSR count). The summed E-state index contributed by atoms with van der Waals surface area (Å²) in [6.07, 6.45) is 1.20. The quantitative estimate of drug-likeness (QED) is 0.833. The molecule has 1 N–H and O–H groups in total. The lowest BCUT2D eigenvalue weighted by atomic mass is 10.1. The van der Waals surface area contributed by atoms with Gasteiger partial charge >= 0.3 is 0 Å². The minimum atomic E-state index is 0.640. The van der Waals surface area contributed by atoms with E-state index < -0.39 is 0 Å². The number of hydrogen-bond acceptors (Lipinski definition) is 3. The van der Waals surface area contributed by atoms with Gasteiger partial charge in [-0.15, -0.1) is 0 Å². The van der Waals surface area contributed by atoms with Gasteiger partial charge < -0.3 is 15.0 Å². The van der Waals surface area contributed by atoms with Crippen molar-refractivity contribution in [2.75, 3.05) is 38.3 Å². The molecule has 1 saturated heterocycles. The average molecular weight is 311 g/mol. The fourth-order valence-corrected chi connectivity index (χ4v) is 3.05. The number of nitrogens with one attached hydrogen (secondary N) is 1. The second-order valence-electron chi connectivity index (χ2n) is 6.36. The summed E-state index contributed by atoms with van der Waals surface area (Å²) in [5.41, 5.74) is 2.40. The zero-order chi connectivity index (χ0) is 15.2. The normalized spacial score (nSPS) is 18.7. The van der Waals surface area contributed by atoms with E-state index in [9.17, 15) is 0 Å². The minimum absolute atomic E-state index is 0.640. The maximum atomic E-state index is 6.43. The van der Waals surface area contributed by atoms with Crippen molar-refractivity contribution in [3.8, 4) is 0 Å². The van der Waals surface area contributed by atoms with Gasteiger partial charge in [-0.1, -0.05) is 31.5 Å². The van der Waals surface area contributed by atoms with Gasteiger partial charge in [0.1, 0.15) is 0 Å². The van der Waals surface area contributed by atoms with E-state index in [-0.39, 0.29) is 0 Å². The van der Waals surface area contributed by atoms with Crippen LogP contribution in [0.3, 0.4) is 0 Å². The highest BCUT2D eigenvalue weighted by atomic mass is 35.5. The van der Waals surface area contributed by atoms with Crippen LogP contribution < -0.4 is 10.2 Å². The van der Waals surface area contributed by atoms with Crippen LogP contribution in [-0.4, -0.2) is 33.4 Å². The second-order valence-corrected chi connectivity index (χ2v) is 6.76. The van der Waals surface area contributed by atoms with Crippen LogP contribution in [0.5, 0.6) is 0 Å². The highest BCUT2D eigenvalue weighted by molar-refractivity contribution is 6.31. The Morgan fingerprint density at radius 3 is 2.90 bits per heavy atom. The molecule has 1 atom stereocenters. The van der Waals surface area contributed by atoms with Crippen molar-refractivity contribution in [2.45, 2.75) is 26.8 Å². The first-order chi connectivity index (χ1) is 10.1. The molecule has 21 heavy (non-hydrogen) atoms. The van der Waals surface area contributed by atoms with Gasteiger partial charge in [0.15, 0.2) is 0 Å². The van der Waals surface area contributed by atoms with Crippen molar-refractivity contribution < 1.29 is 4.74 Å². The van der Waals surface area contributed by atoms with Gasteiger partial charge in [0, 0.05) is 43.4 Å². The first-order valence-corrected chi connectivity index (χ1v) is 8.21. The number of ether oxygens (including phenoxy) is 1. The van der Waals surface area contributed by atoms with Crippen molar-refractivity contribution in [3.05, 3.63) is 28.8 Å². The number of anilines is 1. The summed E-state index contributed by atoms with van der Waals surface area (Å²) in [5.74, 6) is 1.30. The molecular formula is C17H27ClN2O. The highest BCUT2D eigenvalue weighted by Gasteiger charge is 2.22. The van der Waals surface area contributed by atoms with Crippen LogP contribution in [0.25, 0.3) is 0 Å². The highest BCUT2D eigenvalue weighted by Crippen LogP contribution is 2.28. The van der Waals surface area contributed by atoms with E-state index in [0.29, 0.717) is 11.8 Å². The molecule has 0 saturated carbocycles. The van der Waals surface area contributed by atoms with Crippen molar-refractivity contribution in [3.63, 3.8) is 0 Å². The van der Waals surface area contributed by atoms with Crippen LogP contribution >= 0.6 is 11.6 Å². The summed E-state index contributed by atoms with van der Waals surface area (Å²) in [5, 5.41) is 4.30. The Balaban J connectivity index is 1.93. The van der Waals surface area contributed by atoms with Crippen molar-refractivity contribution >= 4 is 17.3 Å². The average Bonchev–Trinajstić information content (AvgIpc) is 2.89. The predicted molar refractivity (Wildman–Crippen MR) is 90.2 cm³/mol. The van der Waals surface area contributed by atoms with Crippen molar-refractivity contribution in [1.82, 2.24) is 5.32 Å². The number of halogens is 1. The molecule has 0 bridgehead atoms. The van der Waals surface area contributed by atoms with Crippen LogP contribution in [0.4, 0.5) is 5.69 Å². The molecule has 1 aromatic carbocycles. The SMILES string of the molecule is COCC1CCN(c2ccc(CNCC(C)C)c(Cl)c2)C1. The summed E-state index contributed by atoms with van der Waals surface area (Å²) >= 11 is 6.43. The molecule has 0 aliphatic carbocycles. The van der Waals surface area contributed by atoms with E-state index in [1.54, 1.807) is 7.11 Å². The maximum Gasteiger partial charge on any atom is 0.0508 e. The van der Waals surface area contributed by atoms with E-state index >= 15 is 0 Å². The van der Waals surface area contributed by atoms with E-state index in [0.717, 1.165) is 37.8 Å². The summed E-state index contributed by atoms with van der Waals surface area (Å²) in [4.78, 5) is 2.40. The lowest BCUT2D eigenvalue weighted by Crippen LogP contribution is -2.21. The molecule has 0 radical (unpaired) electrons. The zero-order valence-electron chi connectivity index (χ0n) is 13.4. The zero-order valence-corrected chi connectivity index (χ0v) is 14.1. The number of methoxy groups -OCH3 is 1. The van der Waals surface area contributed by atoms with Crippen LogP contribution in [-0.2, 0) is 11.3 Å². The number of hydrogen-bond donors (Lipinski definition) is 1. The lowest BCUT2D eigenvalue weighted by molar-refractivity contribution is 0.161. The van der Waals surface area contributed by atoms with Gasteiger partial charge in [0.25, 0.3) is 0 Å². The van der Waals surface area contributed by atoms with Gasteiger partial charge in [-0.25, -0.2) is 0 Å². The molecule has 1 heterocycles. The van der Waals surface area contributed by atoms with E-state index in [4.69, 9.17) is 16.3 Å². The summed E-state index contributed by atoms with van der Waals surface area (Å²) < 4.78 is 5.26. The Labute approximate surface area is 133 Å². The largest absolute Gasteiger partial charge is 0.384 e. The Bertz CT molecular complexity index is 450. The predicted octanol–water partition coefficient (Wildman–Crippen LogP) is 3.56. The monoisotopic (exact) mass is 310 g/mol. The third kappa shape index (κ3) is 4.87. The Kier molecular flexibility index (Phi) is 6.34. The molecule has 0 amide bonds. The molecule has 1 aromatic rings. The molecule has 0 aromatic heterocycles. The third-order valence-corrected chi connectivity index (χ3v) is 4.31. The lowest BCUT2D eigenvalue weighted by Gasteiger charge is -2.20. The van der Waals surface area contributed by atoms with Gasteiger partial charge in [-0.2, -0.15) is 0 Å². The minimum Gasteiger partial charge on any atom is -0.384 e. The smallest absolute Gasteiger partial charge is 0.0508 e. The summed E-state index contributed by atoms with van der Waals surface area (Å²) in [6, 6.07) is 6.44. The standard InChI is InChI=1S/C17H27ClN2O/c1-13(2)9-19-10-15-4-5-16(8-17(15)18)20-7-6-14(11-20)12-21-3/h4-5,8,13-14,19H,6-7,9-12H2,1-3H3. The fourth-order valence-electron chi connectivity index (χ4n) is 2.81. The topological polar surface area (TPSA) is 24.5 Å². The van der Waals surface area contributed by atoms with Crippen molar-refractivity contribution in [1.29, 1.82) is 0 Å². The van der Waals surface area contributed by atoms with Crippen LogP contribution in [0, 0.1) is 11.8 Å². The fraction of sp³-hybridized carbons (Fsp3) is 0.647. The number of rotatable bonds is 7. The molecule has 1 aliphatic rings. The number of benzene rings is 1. The van der Waals surface area contributed by atoms with Gasteiger partial charge in [-0.3, -0.25) is 0 Å². The molecule has 1 unspecified atom stereocenters. The third-order valence-electron chi connectivity index (χ3n) is 3.96. The Morgan fingerprint density at radius 2 is 2.24 bits per heavy atom. The van der Waals surface area contributed by atoms with E-state index in [1.807, 2.05) is 0 Å². The molecule has 0 spiro atoms. The molecule has 3 nitrogen and oxygen atoms in total. The second kappa shape index (κ2) is 8.02. The van der Waals surface area contributed by atoms with E-state index in [2.05, 4.69) is 42.3 Å². The number of nitrogens with zero attached hydrogens (tertiary/aromatic N) is 1. The Morgan fingerprint density at radius 1 is 1.43 bits per heavy atom. The molecule has 4 heteroatoms. The van der Waals surface area contributed by atoms with Crippen LogP contribution in [0.1, 0.15) is 25.8 Å². The van der Waals surface area contributed by atoms with Crippen molar-refractivity contribution in [2.24, 2.45) is 11.8 Å². The Hall–Kier alpha value is -0.770. The molecule has 1 aliphatic heterocycles. The first-order valence-electron chi connectivity index (χ1n) is 7.83. The van der Waals surface area contributed by atoms with Gasteiger partial charge in [0.2, 0.25) is 0 Å². The van der Waals surface area contributed by atoms with Gasteiger partial charge in [0.05, 0.1) is 6.61 Å². The van der Waals surface area contributed by atoms with Gasteiger partial charge in [-0.05, 0) is 36.6 Å².